The number of aromatic nitrogens is 2. The quantitative estimate of drug-likeness (QED) is 0.759. The Morgan fingerprint density at radius 1 is 1.62 bits per heavy atom. The molecule has 0 saturated heterocycles. The van der Waals surface area contributed by atoms with Gasteiger partial charge in [-0.3, -0.25) is 0 Å². The minimum atomic E-state index is 0.296. The molecule has 1 unspecified atom stereocenters. The van der Waals surface area contributed by atoms with E-state index < -0.39 is 0 Å². The van der Waals surface area contributed by atoms with Crippen molar-refractivity contribution in [3.63, 3.8) is 0 Å². The Hall–Kier alpha value is -0.870. The van der Waals surface area contributed by atoms with E-state index in [0.29, 0.717) is 12.5 Å². The number of nitrogens with zero attached hydrogens (tertiary/aromatic N) is 2. The molecule has 4 nitrogen and oxygen atoms in total. The van der Waals surface area contributed by atoms with Crippen molar-refractivity contribution in [2.45, 2.75) is 32.2 Å². The van der Waals surface area contributed by atoms with E-state index in [0.717, 1.165) is 38.8 Å². The van der Waals surface area contributed by atoms with Gasteiger partial charge in [-0.1, -0.05) is 0 Å². The third-order valence-corrected chi connectivity index (χ3v) is 3.29. The number of hydrogen-bond donors (Lipinski definition) is 1. The van der Waals surface area contributed by atoms with Gasteiger partial charge in [0.05, 0.1) is 0 Å². The zero-order valence-corrected chi connectivity index (χ0v) is 9.85. The molecule has 0 fully saturated rings. The Kier molecular flexibility index (Phi) is 3.96. The molecule has 2 rings (SSSR count). The fraction of sp³-hybridized carbons (Fsp3) is 0.750. The molecule has 1 N–H and O–H groups in total. The normalized spacial score (nSPS) is 19.8. The molecule has 1 aromatic rings. The minimum Gasteiger partial charge on any atom is -0.396 e. The second-order valence-electron chi connectivity index (χ2n) is 4.46. The van der Waals surface area contributed by atoms with Crippen LogP contribution in [0.1, 0.15) is 24.4 Å². The van der Waals surface area contributed by atoms with Gasteiger partial charge in [-0.15, -0.1) is 0 Å². The summed E-state index contributed by atoms with van der Waals surface area (Å²) in [5, 5.41) is 9.15. The maximum Gasteiger partial charge on any atom is 0.108 e. The minimum absolute atomic E-state index is 0.296. The highest BCUT2D eigenvalue weighted by Crippen LogP contribution is 2.21. The predicted molar refractivity (Wildman–Crippen MR) is 61.3 cm³/mol. The summed E-state index contributed by atoms with van der Waals surface area (Å²) < 4.78 is 7.36. The molecule has 1 aliphatic rings. The lowest BCUT2D eigenvalue weighted by Gasteiger charge is -2.23. The van der Waals surface area contributed by atoms with Crippen molar-refractivity contribution in [3.05, 3.63) is 17.7 Å². The predicted octanol–water partition coefficient (Wildman–Crippen LogP) is 1.02. The van der Waals surface area contributed by atoms with Crippen LogP contribution in [0.4, 0.5) is 0 Å². The number of rotatable bonds is 5. The van der Waals surface area contributed by atoms with Gasteiger partial charge in [0.2, 0.25) is 0 Å². The summed E-state index contributed by atoms with van der Waals surface area (Å²) in [7, 11) is 1.73. The van der Waals surface area contributed by atoms with Gasteiger partial charge in [0, 0.05) is 45.2 Å². The topological polar surface area (TPSA) is 47.3 Å². The van der Waals surface area contributed by atoms with E-state index in [1.165, 1.54) is 11.5 Å². The summed E-state index contributed by atoms with van der Waals surface area (Å²) in [6.07, 6.45) is 6.00. The smallest absolute Gasteiger partial charge is 0.108 e. The first-order valence-electron chi connectivity index (χ1n) is 5.98. The monoisotopic (exact) mass is 224 g/mol. The highest BCUT2D eigenvalue weighted by Gasteiger charge is 2.20. The van der Waals surface area contributed by atoms with E-state index >= 15 is 0 Å². The highest BCUT2D eigenvalue weighted by molar-refractivity contribution is 5.09. The zero-order valence-electron chi connectivity index (χ0n) is 9.85. The van der Waals surface area contributed by atoms with Gasteiger partial charge in [-0.25, -0.2) is 4.98 Å². The number of fused-ring (bicyclic) bond motifs is 1. The lowest BCUT2D eigenvalue weighted by atomic mass is 9.97. The molecule has 0 radical (unpaired) electrons. The molecule has 16 heavy (non-hydrogen) atoms. The van der Waals surface area contributed by atoms with Crippen molar-refractivity contribution in [2.24, 2.45) is 5.92 Å². The third kappa shape index (κ3) is 2.44. The van der Waals surface area contributed by atoms with Crippen LogP contribution in [-0.4, -0.2) is 35.0 Å². The molecular formula is C12H20N2O2. The standard InChI is InChI=1S/C12H20N2O2/c1-16-6-2-3-12-13-8-11-7-10(9-15)4-5-14(11)12/h8,10,15H,2-7,9H2,1H3. The number of aryl methyl sites for hydroxylation is 1. The van der Waals surface area contributed by atoms with Gasteiger partial charge < -0.3 is 14.4 Å². The molecule has 90 valence electrons. The molecule has 1 aromatic heterocycles. The number of aliphatic hydroxyl groups excluding tert-OH is 1. The molecule has 2 heterocycles. The maximum absolute atomic E-state index is 9.15. The van der Waals surface area contributed by atoms with Crippen LogP contribution in [0.15, 0.2) is 6.20 Å². The van der Waals surface area contributed by atoms with Gasteiger partial charge in [-0.05, 0) is 25.2 Å². The molecule has 0 saturated carbocycles. The van der Waals surface area contributed by atoms with Crippen LogP contribution in [0, 0.1) is 5.92 Å². The lowest BCUT2D eigenvalue weighted by Crippen LogP contribution is -2.22. The van der Waals surface area contributed by atoms with E-state index in [1.54, 1.807) is 7.11 Å². The fourth-order valence-electron chi connectivity index (χ4n) is 2.33. The van der Waals surface area contributed by atoms with Crippen molar-refractivity contribution < 1.29 is 9.84 Å². The first-order chi connectivity index (χ1) is 7.85. The van der Waals surface area contributed by atoms with Crippen molar-refractivity contribution in [1.82, 2.24) is 9.55 Å². The van der Waals surface area contributed by atoms with Gasteiger partial charge in [0.15, 0.2) is 0 Å². The third-order valence-electron chi connectivity index (χ3n) is 3.29. The molecule has 0 aliphatic carbocycles. The van der Waals surface area contributed by atoms with Crippen LogP contribution in [-0.2, 0) is 24.1 Å². The van der Waals surface area contributed by atoms with Gasteiger partial charge in [-0.2, -0.15) is 0 Å². The summed E-state index contributed by atoms with van der Waals surface area (Å²) in [4.78, 5) is 4.46. The van der Waals surface area contributed by atoms with Crippen LogP contribution >= 0.6 is 0 Å². The number of methoxy groups -OCH3 is 1. The molecule has 0 bridgehead atoms. The van der Waals surface area contributed by atoms with Crippen molar-refractivity contribution in [3.8, 4) is 0 Å². The fourth-order valence-corrected chi connectivity index (χ4v) is 2.33. The lowest BCUT2D eigenvalue weighted by molar-refractivity contribution is 0.192. The molecular weight excluding hydrogens is 204 g/mol. The molecule has 4 heteroatoms. The average Bonchev–Trinajstić information content (AvgIpc) is 2.72. The molecule has 0 spiro atoms. The Labute approximate surface area is 96.3 Å². The van der Waals surface area contributed by atoms with Crippen LogP contribution < -0.4 is 0 Å². The van der Waals surface area contributed by atoms with Crippen LogP contribution in [0.2, 0.25) is 0 Å². The summed E-state index contributed by atoms with van der Waals surface area (Å²) in [5.41, 5.74) is 1.28. The van der Waals surface area contributed by atoms with Gasteiger partial charge >= 0.3 is 0 Å². The van der Waals surface area contributed by atoms with Crippen LogP contribution in [0.25, 0.3) is 0 Å². The second-order valence-corrected chi connectivity index (χ2v) is 4.46. The summed E-state index contributed by atoms with van der Waals surface area (Å²) in [6, 6.07) is 0. The molecule has 0 aromatic carbocycles. The number of aliphatic hydroxyl groups is 1. The largest absolute Gasteiger partial charge is 0.396 e. The maximum atomic E-state index is 9.15. The van der Waals surface area contributed by atoms with Gasteiger partial charge in [0.1, 0.15) is 5.82 Å². The molecule has 1 aliphatic heterocycles. The zero-order chi connectivity index (χ0) is 11.4. The Balaban J connectivity index is 1.99. The number of hydrogen-bond acceptors (Lipinski definition) is 3. The van der Waals surface area contributed by atoms with Crippen molar-refractivity contribution in [2.75, 3.05) is 20.3 Å². The second kappa shape index (κ2) is 5.46. The number of imidazole rings is 1. The van der Waals surface area contributed by atoms with E-state index in [9.17, 15) is 0 Å². The Bertz CT molecular complexity index is 336. The van der Waals surface area contributed by atoms with E-state index in [4.69, 9.17) is 9.84 Å². The molecule has 0 amide bonds. The van der Waals surface area contributed by atoms with E-state index in [2.05, 4.69) is 9.55 Å². The summed E-state index contributed by atoms with van der Waals surface area (Å²) in [5.74, 6) is 1.60. The first kappa shape index (κ1) is 11.6. The van der Waals surface area contributed by atoms with Crippen LogP contribution in [0.3, 0.4) is 0 Å². The summed E-state index contributed by atoms with van der Waals surface area (Å²) in [6.45, 7) is 2.09. The van der Waals surface area contributed by atoms with Crippen molar-refractivity contribution in [1.29, 1.82) is 0 Å². The first-order valence-corrected chi connectivity index (χ1v) is 5.98. The molecule has 1 atom stereocenters. The SMILES string of the molecule is COCCCc1ncc2n1CCC(CO)C2. The van der Waals surface area contributed by atoms with E-state index in [-0.39, 0.29) is 0 Å². The van der Waals surface area contributed by atoms with Crippen molar-refractivity contribution >= 4 is 0 Å². The Morgan fingerprint density at radius 2 is 2.50 bits per heavy atom. The van der Waals surface area contributed by atoms with Gasteiger partial charge in [0.25, 0.3) is 0 Å². The highest BCUT2D eigenvalue weighted by atomic mass is 16.5. The summed E-state index contributed by atoms with van der Waals surface area (Å²) >= 11 is 0. The van der Waals surface area contributed by atoms with E-state index in [1.807, 2.05) is 6.20 Å². The van der Waals surface area contributed by atoms with Crippen LogP contribution in [0.5, 0.6) is 0 Å². The number of ether oxygens (including phenoxy) is 1. The average molecular weight is 224 g/mol. The Morgan fingerprint density at radius 3 is 3.25 bits per heavy atom.